The first-order valence-electron chi connectivity index (χ1n) is 8.14. The van der Waals surface area contributed by atoms with Crippen LogP contribution in [0.1, 0.15) is 24.8 Å². The number of benzene rings is 1. The van der Waals surface area contributed by atoms with Gasteiger partial charge in [0.1, 0.15) is 5.75 Å². The molecule has 2 saturated heterocycles. The Bertz CT molecular complexity index is 421. The third kappa shape index (κ3) is 4.43. The average molecular weight is 290 g/mol. The van der Waals surface area contributed by atoms with Crippen LogP contribution in [0.4, 0.5) is 0 Å². The normalized spacial score (nSPS) is 24.5. The Hall–Kier alpha value is -1.10. The van der Waals surface area contributed by atoms with E-state index in [0.29, 0.717) is 11.9 Å². The second kappa shape index (κ2) is 7.25. The molecule has 0 spiro atoms. The van der Waals surface area contributed by atoms with Crippen molar-refractivity contribution in [1.29, 1.82) is 0 Å². The van der Waals surface area contributed by atoms with Crippen molar-refractivity contribution in [3.63, 3.8) is 0 Å². The van der Waals surface area contributed by atoms with Crippen LogP contribution in [0.5, 0.6) is 5.75 Å². The highest BCUT2D eigenvalue weighted by Gasteiger charge is 2.20. The van der Waals surface area contributed by atoms with Crippen LogP contribution in [-0.4, -0.2) is 60.3 Å². The molecule has 1 aromatic carbocycles. The van der Waals surface area contributed by atoms with Gasteiger partial charge in [-0.2, -0.15) is 0 Å². The molecule has 1 atom stereocenters. The minimum Gasteiger partial charge on any atom is -0.508 e. The van der Waals surface area contributed by atoms with Gasteiger partial charge in [-0.05, 0) is 37.0 Å². The predicted molar refractivity (Wildman–Crippen MR) is 83.4 cm³/mol. The highest BCUT2D eigenvalue weighted by molar-refractivity contribution is 5.25. The molecule has 0 saturated carbocycles. The summed E-state index contributed by atoms with van der Waals surface area (Å²) in [6.45, 7) is 7.71. The first-order chi connectivity index (χ1) is 10.3. The first kappa shape index (κ1) is 14.8. The molecule has 2 fully saturated rings. The van der Waals surface area contributed by atoms with Crippen LogP contribution in [0.3, 0.4) is 0 Å². The Morgan fingerprint density at radius 2 is 1.76 bits per heavy atom. The lowest BCUT2D eigenvalue weighted by atomic mass is 10.1. The number of hydrogen-bond donors (Lipinski definition) is 1. The van der Waals surface area contributed by atoms with Crippen LogP contribution >= 0.6 is 0 Å². The molecule has 0 radical (unpaired) electrons. The van der Waals surface area contributed by atoms with Gasteiger partial charge < -0.3 is 14.7 Å². The van der Waals surface area contributed by atoms with Gasteiger partial charge in [-0.1, -0.05) is 12.1 Å². The molecular formula is C17H26N2O2. The largest absolute Gasteiger partial charge is 0.508 e. The smallest absolute Gasteiger partial charge is 0.115 e. The standard InChI is InChI=1S/C17H26N2O2/c20-16-5-3-15(4-6-16)14-19-11-9-18(10-12-19)8-7-17-2-1-13-21-17/h3-6,17,20H,1-2,7-14H2. The molecule has 21 heavy (non-hydrogen) atoms. The number of nitrogens with zero attached hydrogens (tertiary/aromatic N) is 2. The Morgan fingerprint density at radius 1 is 1.05 bits per heavy atom. The molecule has 2 aliphatic heterocycles. The van der Waals surface area contributed by atoms with Crippen LogP contribution < -0.4 is 0 Å². The summed E-state index contributed by atoms with van der Waals surface area (Å²) >= 11 is 0. The van der Waals surface area contributed by atoms with Gasteiger partial charge in [0.25, 0.3) is 0 Å². The summed E-state index contributed by atoms with van der Waals surface area (Å²) in [5.41, 5.74) is 1.28. The average Bonchev–Trinajstić information content (AvgIpc) is 3.02. The molecule has 116 valence electrons. The number of phenolic OH excluding ortho intramolecular Hbond substituents is 1. The highest BCUT2D eigenvalue weighted by atomic mass is 16.5. The quantitative estimate of drug-likeness (QED) is 0.900. The Balaban J connectivity index is 1.37. The predicted octanol–water partition coefficient (Wildman–Crippen LogP) is 2.08. The fraction of sp³-hybridized carbons (Fsp3) is 0.647. The van der Waals surface area contributed by atoms with E-state index in [1.807, 2.05) is 12.1 Å². The lowest BCUT2D eigenvalue weighted by Gasteiger charge is -2.35. The van der Waals surface area contributed by atoms with E-state index in [2.05, 4.69) is 9.80 Å². The van der Waals surface area contributed by atoms with E-state index in [4.69, 9.17) is 4.74 Å². The monoisotopic (exact) mass is 290 g/mol. The Kier molecular flexibility index (Phi) is 5.12. The van der Waals surface area contributed by atoms with E-state index < -0.39 is 0 Å². The molecule has 4 heteroatoms. The minimum absolute atomic E-state index is 0.345. The van der Waals surface area contributed by atoms with E-state index in [-0.39, 0.29) is 0 Å². The topological polar surface area (TPSA) is 35.9 Å². The van der Waals surface area contributed by atoms with Crippen LogP contribution in [0.25, 0.3) is 0 Å². The number of piperazine rings is 1. The number of aromatic hydroxyl groups is 1. The number of rotatable bonds is 5. The fourth-order valence-corrected chi connectivity index (χ4v) is 3.23. The van der Waals surface area contributed by atoms with E-state index in [9.17, 15) is 5.11 Å². The maximum Gasteiger partial charge on any atom is 0.115 e. The maximum absolute atomic E-state index is 9.32. The zero-order chi connectivity index (χ0) is 14.5. The summed E-state index contributed by atoms with van der Waals surface area (Å²) in [4.78, 5) is 5.06. The molecule has 0 bridgehead atoms. The maximum atomic E-state index is 9.32. The molecule has 0 aromatic heterocycles. The molecular weight excluding hydrogens is 264 g/mol. The van der Waals surface area contributed by atoms with Crippen LogP contribution in [0.15, 0.2) is 24.3 Å². The zero-order valence-corrected chi connectivity index (χ0v) is 12.7. The molecule has 1 unspecified atom stereocenters. The van der Waals surface area contributed by atoms with Crippen molar-refractivity contribution in [2.24, 2.45) is 0 Å². The summed E-state index contributed by atoms with van der Waals surface area (Å²) in [6.07, 6.45) is 4.20. The lowest BCUT2D eigenvalue weighted by Crippen LogP contribution is -2.46. The number of phenols is 1. The summed E-state index contributed by atoms with van der Waals surface area (Å²) in [7, 11) is 0. The third-order valence-corrected chi connectivity index (χ3v) is 4.60. The number of hydrogen-bond acceptors (Lipinski definition) is 4. The van der Waals surface area contributed by atoms with Crippen LogP contribution in [0, 0.1) is 0 Å². The lowest BCUT2D eigenvalue weighted by molar-refractivity contribution is 0.0762. The molecule has 2 aliphatic rings. The van der Waals surface area contributed by atoms with Crippen LogP contribution in [0.2, 0.25) is 0 Å². The van der Waals surface area contributed by atoms with Gasteiger partial charge in [-0.15, -0.1) is 0 Å². The highest BCUT2D eigenvalue weighted by Crippen LogP contribution is 2.17. The zero-order valence-electron chi connectivity index (χ0n) is 12.7. The van der Waals surface area contributed by atoms with Gasteiger partial charge in [-0.3, -0.25) is 4.90 Å². The van der Waals surface area contributed by atoms with Crippen molar-refractivity contribution in [2.45, 2.75) is 31.9 Å². The summed E-state index contributed by atoms with van der Waals surface area (Å²) in [6, 6.07) is 7.57. The molecule has 4 nitrogen and oxygen atoms in total. The molecule has 0 aliphatic carbocycles. The summed E-state index contributed by atoms with van der Waals surface area (Å²) < 4.78 is 5.70. The van der Waals surface area contributed by atoms with Gasteiger partial charge in [0, 0.05) is 45.9 Å². The molecule has 3 rings (SSSR count). The summed E-state index contributed by atoms with van der Waals surface area (Å²) in [5, 5.41) is 9.32. The van der Waals surface area contributed by atoms with E-state index in [0.717, 1.165) is 39.3 Å². The molecule has 1 N–H and O–H groups in total. The first-order valence-corrected chi connectivity index (χ1v) is 8.14. The third-order valence-electron chi connectivity index (χ3n) is 4.60. The SMILES string of the molecule is Oc1ccc(CN2CCN(CCC3CCCO3)CC2)cc1. The van der Waals surface area contributed by atoms with E-state index >= 15 is 0 Å². The Morgan fingerprint density at radius 3 is 2.43 bits per heavy atom. The van der Waals surface area contributed by atoms with Crippen molar-refractivity contribution < 1.29 is 9.84 Å². The van der Waals surface area contributed by atoms with Gasteiger partial charge in [-0.25, -0.2) is 0 Å². The fourth-order valence-electron chi connectivity index (χ4n) is 3.23. The molecule has 0 amide bonds. The minimum atomic E-state index is 0.345. The van der Waals surface area contributed by atoms with E-state index in [1.54, 1.807) is 12.1 Å². The van der Waals surface area contributed by atoms with Crippen molar-refractivity contribution >= 4 is 0 Å². The molecule has 2 heterocycles. The van der Waals surface area contributed by atoms with Crippen molar-refractivity contribution in [3.8, 4) is 5.75 Å². The second-order valence-electron chi connectivity index (χ2n) is 6.21. The van der Waals surface area contributed by atoms with Crippen molar-refractivity contribution in [2.75, 3.05) is 39.3 Å². The van der Waals surface area contributed by atoms with Crippen molar-refractivity contribution in [1.82, 2.24) is 9.80 Å². The Labute approximate surface area is 127 Å². The summed E-state index contributed by atoms with van der Waals surface area (Å²) in [5.74, 6) is 0.345. The van der Waals surface area contributed by atoms with Gasteiger partial charge in [0.2, 0.25) is 0 Å². The van der Waals surface area contributed by atoms with Gasteiger partial charge >= 0.3 is 0 Å². The molecule has 1 aromatic rings. The number of ether oxygens (including phenoxy) is 1. The van der Waals surface area contributed by atoms with Crippen LogP contribution in [-0.2, 0) is 11.3 Å². The van der Waals surface area contributed by atoms with Crippen molar-refractivity contribution in [3.05, 3.63) is 29.8 Å². The van der Waals surface area contributed by atoms with E-state index in [1.165, 1.54) is 31.4 Å². The second-order valence-corrected chi connectivity index (χ2v) is 6.21. The van der Waals surface area contributed by atoms with Gasteiger partial charge in [0.05, 0.1) is 6.10 Å². The van der Waals surface area contributed by atoms with Gasteiger partial charge in [0.15, 0.2) is 0 Å².